The van der Waals surface area contributed by atoms with E-state index in [1.54, 1.807) is 42.7 Å². The van der Waals surface area contributed by atoms with Gasteiger partial charge < -0.3 is 28.4 Å². The van der Waals surface area contributed by atoms with Gasteiger partial charge >= 0.3 is 0 Å². The fraction of sp³-hybridized carbons (Fsp3) is 0.314. The highest BCUT2D eigenvalue weighted by Gasteiger charge is 2.44. The maximum Gasteiger partial charge on any atom is 0.126 e. The minimum absolute atomic E-state index is 0.0356. The second-order valence-electron chi connectivity index (χ2n) is 10.3. The van der Waals surface area contributed by atoms with Crippen LogP contribution in [-0.4, -0.2) is 42.7 Å². The molecule has 214 valence electrons. The number of hydrogen-bond donors (Lipinski definition) is 0. The van der Waals surface area contributed by atoms with Crippen LogP contribution in [0.3, 0.4) is 0 Å². The molecule has 0 aliphatic heterocycles. The van der Waals surface area contributed by atoms with E-state index in [2.05, 4.69) is 43.3 Å². The van der Waals surface area contributed by atoms with E-state index in [-0.39, 0.29) is 17.8 Å². The molecule has 0 N–H and O–H groups in total. The smallest absolute Gasteiger partial charge is 0.126 e. The molecule has 0 aromatic heterocycles. The van der Waals surface area contributed by atoms with Crippen LogP contribution in [0.2, 0.25) is 0 Å². The summed E-state index contributed by atoms with van der Waals surface area (Å²) in [6.07, 6.45) is 0.681. The molecule has 0 saturated carbocycles. The first kappa shape index (κ1) is 28.2. The summed E-state index contributed by atoms with van der Waals surface area (Å²) in [4.78, 5) is 0. The third kappa shape index (κ3) is 5.26. The summed E-state index contributed by atoms with van der Waals surface area (Å²) in [5, 5.41) is 0. The SMILES string of the molecule is COc1ccc(Cc2c(OC)cc(OC)cc2C2c3c(OC)cc(OC)cc3C(C)C2c2ccc(OC)cc2)cc1. The topological polar surface area (TPSA) is 55.4 Å². The molecular weight excluding hydrogens is 516 g/mol. The Kier molecular flexibility index (Phi) is 8.29. The highest BCUT2D eigenvalue weighted by molar-refractivity contribution is 5.63. The zero-order valence-electron chi connectivity index (χ0n) is 24.8. The molecule has 0 bridgehead atoms. The Bertz CT molecular complexity index is 1490. The molecule has 0 spiro atoms. The van der Waals surface area contributed by atoms with Crippen LogP contribution < -0.4 is 28.4 Å². The molecular formula is C35H38O6. The average molecular weight is 555 g/mol. The summed E-state index contributed by atoms with van der Waals surface area (Å²) < 4.78 is 34.4. The predicted molar refractivity (Wildman–Crippen MR) is 161 cm³/mol. The average Bonchev–Trinajstić information content (AvgIpc) is 3.32. The van der Waals surface area contributed by atoms with Crippen LogP contribution in [0.25, 0.3) is 0 Å². The second-order valence-corrected chi connectivity index (χ2v) is 10.3. The minimum atomic E-state index is -0.0356. The molecule has 0 saturated heterocycles. The predicted octanol–water partition coefficient (Wildman–Crippen LogP) is 7.36. The number of ether oxygens (including phenoxy) is 6. The van der Waals surface area contributed by atoms with Crippen LogP contribution in [0.15, 0.2) is 72.8 Å². The number of benzene rings is 4. The van der Waals surface area contributed by atoms with Crippen molar-refractivity contribution in [2.75, 3.05) is 42.7 Å². The maximum atomic E-state index is 6.04. The van der Waals surface area contributed by atoms with Crippen LogP contribution >= 0.6 is 0 Å². The fourth-order valence-corrected chi connectivity index (χ4v) is 6.29. The molecule has 1 aliphatic rings. The van der Waals surface area contributed by atoms with Gasteiger partial charge in [-0.1, -0.05) is 31.2 Å². The van der Waals surface area contributed by atoms with Gasteiger partial charge in [0.1, 0.15) is 34.5 Å². The molecule has 4 aromatic carbocycles. The van der Waals surface area contributed by atoms with Crippen molar-refractivity contribution >= 4 is 0 Å². The van der Waals surface area contributed by atoms with Crippen LogP contribution in [0.5, 0.6) is 34.5 Å². The van der Waals surface area contributed by atoms with Gasteiger partial charge in [0.2, 0.25) is 0 Å². The summed E-state index contributed by atoms with van der Waals surface area (Å²) in [7, 11) is 10.2. The third-order valence-electron chi connectivity index (χ3n) is 8.35. The Balaban J connectivity index is 1.77. The molecule has 0 fully saturated rings. The molecule has 0 amide bonds. The first-order valence-corrected chi connectivity index (χ1v) is 13.7. The van der Waals surface area contributed by atoms with Crippen LogP contribution in [0, 0.1) is 0 Å². The number of methoxy groups -OCH3 is 6. The van der Waals surface area contributed by atoms with Gasteiger partial charge in [-0.2, -0.15) is 0 Å². The Labute approximate surface area is 242 Å². The summed E-state index contributed by atoms with van der Waals surface area (Å²) in [5.41, 5.74) is 7.01. The van der Waals surface area contributed by atoms with Crippen molar-refractivity contribution in [1.29, 1.82) is 0 Å². The van der Waals surface area contributed by atoms with Gasteiger partial charge in [0.05, 0.1) is 42.7 Å². The van der Waals surface area contributed by atoms with Crippen LogP contribution in [0.1, 0.15) is 58.1 Å². The molecule has 5 rings (SSSR count). The number of hydrogen-bond acceptors (Lipinski definition) is 6. The first-order valence-electron chi connectivity index (χ1n) is 13.7. The lowest BCUT2D eigenvalue weighted by Crippen LogP contribution is -2.14. The summed E-state index contributed by atoms with van der Waals surface area (Å²) >= 11 is 0. The lowest BCUT2D eigenvalue weighted by atomic mass is 9.76. The third-order valence-corrected chi connectivity index (χ3v) is 8.35. The first-order chi connectivity index (χ1) is 20.0. The van der Waals surface area contributed by atoms with E-state index in [9.17, 15) is 0 Å². The van der Waals surface area contributed by atoms with Crippen molar-refractivity contribution in [3.05, 3.63) is 106 Å². The van der Waals surface area contributed by atoms with Crippen LogP contribution in [-0.2, 0) is 6.42 Å². The van der Waals surface area contributed by atoms with Crippen LogP contribution in [0.4, 0.5) is 0 Å². The highest BCUT2D eigenvalue weighted by atomic mass is 16.5. The van der Waals surface area contributed by atoms with Crippen molar-refractivity contribution in [2.24, 2.45) is 0 Å². The van der Waals surface area contributed by atoms with Crippen molar-refractivity contribution < 1.29 is 28.4 Å². The fourth-order valence-electron chi connectivity index (χ4n) is 6.29. The Morgan fingerprint density at radius 2 is 1.05 bits per heavy atom. The van der Waals surface area contributed by atoms with E-state index < -0.39 is 0 Å². The normalized spacial score (nSPS) is 17.5. The zero-order valence-corrected chi connectivity index (χ0v) is 24.8. The number of fused-ring (bicyclic) bond motifs is 1. The van der Waals surface area contributed by atoms with Crippen molar-refractivity contribution in [2.45, 2.75) is 31.1 Å². The Morgan fingerprint density at radius 1 is 0.537 bits per heavy atom. The monoisotopic (exact) mass is 554 g/mol. The molecule has 4 aromatic rings. The van der Waals surface area contributed by atoms with E-state index in [0.29, 0.717) is 6.42 Å². The minimum Gasteiger partial charge on any atom is -0.497 e. The van der Waals surface area contributed by atoms with Crippen molar-refractivity contribution in [3.63, 3.8) is 0 Å². The van der Waals surface area contributed by atoms with Gasteiger partial charge in [-0.25, -0.2) is 0 Å². The molecule has 0 heterocycles. The van der Waals surface area contributed by atoms with E-state index in [0.717, 1.165) is 56.8 Å². The molecule has 3 atom stereocenters. The van der Waals surface area contributed by atoms with E-state index in [1.807, 2.05) is 36.4 Å². The van der Waals surface area contributed by atoms with Crippen molar-refractivity contribution in [3.8, 4) is 34.5 Å². The van der Waals surface area contributed by atoms with Crippen molar-refractivity contribution in [1.82, 2.24) is 0 Å². The van der Waals surface area contributed by atoms with Gasteiger partial charge in [-0.3, -0.25) is 0 Å². The lowest BCUT2D eigenvalue weighted by Gasteiger charge is -2.28. The van der Waals surface area contributed by atoms with Gasteiger partial charge in [-0.15, -0.1) is 0 Å². The molecule has 6 nitrogen and oxygen atoms in total. The van der Waals surface area contributed by atoms with E-state index in [1.165, 1.54) is 11.1 Å². The second kappa shape index (κ2) is 12.0. The molecule has 6 heteroatoms. The van der Waals surface area contributed by atoms with Gasteiger partial charge in [0, 0.05) is 41.5 Å². The standard InChI is InChI=1S/C35H38O6/c1-21-28-17-26(38-4)20-32(41-7)34(28)35(33(21)23-10-14-25(37-3)15-11-23)30-18-27(39-5)19-31(40-6)29(30)16-22-8-12-24(36-2)13-9-22/h8-15,17-21,33,35H,16H2,1-7H3. The van der Waals surface area contributed by atoms with E-state index >= 15 is 0 Å². The summed E-state index contributed by atoms with van der Waals surface area (Å²) in [6.45, 7) is 2.28. The molecule has 41 heavy (non-hydrogen) atoms. The van der Waals surface area contributed by atoms with Gasteiger partial charge in [0.25, 0.3) is 0 Å². The van der Waals surface area contributed by atoms with Gasteiger partial charge in [0.15, 0.2) is 0 Å². The largest absolute Gasteiger partial charge is 0.497 e. The summed E-state index contributed by atoms with van der Waals surface area (Å²) in [5.74, 6) is 5.04. The Hall–Kier alpha value is -4.32. The number of rotatable bonds is 10. The van der Waals surface area contributed by atoms with Gasteiger partial charge in [-0.05, 0) is 64.6 Å². The molecule has 1 aliphatic carbocycles. The molecule has 0 radical (unpaired) electrons. The Morgan fingerprint density at radius 3 is 1.59 bits per heavy atom. The summed E-state index contributed by atoms with van der Waals surface area (Å²) in [6, 6.07) is 24.9. The highest BCUT2D eigenvalue weighted by Crippen LogP contribution is 2.59. The zero-order chi connectivity index (χ0) is 29.1. The lowest BCUT2D eigenvalue weighted by molar-refractivity contribution is 0.386. The van der Waals surface area contributed by atoms with E-state index in [4.69, 9.17) is 28.4 Å². The quantitative estimate of drug-likeness (QED) is 0.204. The maximum absolute atomic E-state index is 6.04. The molecule has 3 unspecified atom stereocenters.